The second kappa shape index (κ2) is 3.82. The molecule has 0 heterocycles. The van der Waals surface area contributed by atoms with Crippen LogP contribution in [0.25, 0.3) is 0 Å². The molecule has 0 fully saturated rings. The third-order valence-electron chi connectivity index (χ3n) is 1.55. The molecule has 1 aromatic carbocycles. The fourth-order valence-electron chi connectivity index (χ4n) is 0.944. The molecule has 0 atom stereocenters. The van der Waals surface area contributed by atoms with Gasteiger partial charge in [0.05, 0.1) is 12.8 Å². The number of rotatable bonds is 3. The molecule has 3 N–H and O–H groups in total. The predicted octanol–water partition coefficient (Wildman–Crippen LogP) is 1.82. The lowest BCUT2D eigenvalue weighted by atomic mass is 10.2. The van der Waals surface area contributed by atoms with Gasteiger partial charge in [-0.1, -0.05) is 0 Å². The minimum Gasteiger partial charge on any atom is -0.497 e. The monoisotopic (exact) mass is 165 g/mol. The Morgan fingerprint density at radius 3 is 2.75 bits per heavy atom. The lowest BCUT2D eigenvalue weighted by Crippen LogP contribution is -1.96. The van der Waals surface area contributed by atoms with E-state index in [1.54, 1.807) is 19.2 Å². The van der Waals surface area contributed by atoms with E-state index in [-0.39, 0.29) is 0 Å². The summed E-state index contributed by atoms with van der Waals surface area (Å²) >= 11 is 0. The SMILES string of the molecule is COc1cc(CN)cc(N=N)c1. The summed E-state index contributed by atoms with van der Waals surface area (Å²) in [5, 5.41) is 3.30. The molecular formula is C8H11N3O. The highest BCUT2D eigenvalue weighted by atomic mass is 16.5. The average Bonchev–Trinajstić information content (AvgIpc) is 2.16. The maximum absolute atomic E-state index is 6.82. The summed E-state index contributed by atoms with van der Waals surface area (Å²) in [6, 6.07) is 5.27. The van der Waals surface area contributed by atoms with Gasteiger partial charge in [-0.25, -0.2) is 5.53 Å². The van der Waals surface area contributed by atoms with Gasteiger partial charge in [-0.3, -0.25) is 0 Å². The Kier molecular flexibility index (Phi) is 2.76. The van der Waals surface area contributed by atoms with E-state index in [1.165, 1.54) is 0 Å². The van der Waals surface area contributed by atoms with Crippen LogP contribution in [0.2, 0.25) is 0 Å². The summed E-state index contributed by atoms with van der Waals surface area (Å²) in [5.74, 6) is 0.684. The molecule has 1 aromatic rings. The van der Waals surface area contributed by atoms with E-state index in [2.05, 4.69) is 5.11 Å². The van der Waals surface area contributed by atoms with Gasteiger partial charge in [0.25, 0.3) is 0 Å². The average molecular weight is 165 g/mol. The first-order chi connectivity index (χ1) is 5.80. The smallest absolute Gasteiger partial charge is 0.121 e. The summed E-state index contributed by atoms with van der Waals surface area (Å²) < 4.78 is 5.00. The fraction of sp³-hybridized carbons (Fsp3) is 0.250. The van der Waals surface area contributed by atoms with Crippen LogP contribution in [0.15, 0.2) is 23.3 Å². The second-order valence-electron chi connectivity index (χ2n) is 2.36. The van der Waals surface area contributed by atoms with Crippen molar-refractivity contribution >= 4 is 5.69 Å². The van der Waals surface area contributed by atoms with E-state index in [1.807, 2.05) is 6.07 Å². The van der Waals surface area contributed by atoms with Gasteiger partial charge in [0.15, 0.2) is 0 Å². The van der Waals surface area contributed by atoms with Crippen LogP contribution in [-0.2, 0) is 6.54 Å². The Morgan fingerprint density at radius 2 is 2.25 bits per heavy atom. The number of nitrogens with one attached hydrogen (secondary N) is 1. The van der Waals surface area contributed by atoms with Crippen LogP contribution in [0.3, 0.4) is 0 Å². The summed E-state index contributed by atoms with van der Waals surface area (Å²) in [6.07, 6.45) is 0. The fourth-order valence-corrected chi connectivity index (χ4v) is 0.944. The number of hydrogen-bond donors (Lipinski definition) is 2. The number of methoxy groups -OCH3 is 1. The minimum atomic E-state index is 0.430. The van der Waals surface area contributed by atoms with Crippen LogP contribution < -0.4 is 10.5 Å². The molecule has 0 saturated heterocycles. The van der Waals surface area contributed by atoms with Crippen LogP contribution in [-0.4, -0.2) is 7.11 Å². The molecule has 0 unspecified atom stereocenters. The summed E-state index contributed by atoms with van der Waals surface area (Å²) in [4.78, 5) is 0. The van der Waals surface area contributed by atoms with Crippen molar-refractivity contribution in [3.8, 4) is 5.75 Å². The van der Waals surface area contributed by atoms with Crippen molar-refractivity contribution in [2.24, 2.45) is 10.8 Å². The van der Waals surface area contributed by atoms with Gasteiger partial charge in [-0.2, -0.15) is 5.11 Å². The van der Waals surface area contributed by atoms with Crippen molar-refractivity contribution in [2.75, 3.05) is 7.11 Å². The first-order valence-corrected chi connectivity index (χ1v) is 3.55. The molecule has 64 valence electrons. The molecule has 0 aromatic heterocycles. The van der Waals surface area contributed by atoms with Gasteiger partial charge in [-0.15, -0.1) is 0 Å². The van der Waals surface area contributed by atoms with E-state index < -0.39 is 0 Å². The van der Waals surface area contributed by atoms with Gasteiger partial charge < -0.3 is 10.5 Å². The van der Waals surface area contributed by atoms with E-state index >= 15 is 0 Å². The first-order valence-electron chi connectivity index (χ1n) is 3.55. The van der Waals surface area contributed by atoms with Crippen LogP contribution in [0.5, 0.6) is 5.75 Å². The summed E-state index contributed by atoms with van der Waals surface area (Å²) in [5.41, 5.74) is 13.7. The number of ether oxygens (including phenoxy) is 1. The third-order valence-corrected chi connectivity index (χ3v) is 1.55. The van der Waals surface area contributed by atoms with Crippen molar-refractivity contribution in [2.45, 2.75) is 6.54 Å². The van der Waals surface area contributed by atoms with E-state index in [0.29, 0.717) is 18.0 Å². The highest BCUT2D eigenvalue weighted by Gasteiger charge is 1.98. The zero-order chi connectivity index (χ0) is 8.97. The third kappa shape index (κ3) is 1.79. The lowest BCUT2D eigenvalue weighted by Gasteiger charge is -2.03. The van der Waals surface area contributed by atoms with Gasteiger partial charge in [0.2, 0.25) is 0 Å². The first kappa shape index (κ1) is 8.67. The van der Waals surface area contributed by atoms with E-state index in [0.717, 1.165) is 5.56 Å². The summed E-state index contributed by atoms with van der Waals surface area (Å²) in [6.45, 7) is 0.430. The van der Waals surface area contributed by atoms with Crippen molar-refractivity contribution in [3.63, 3.8) is 0 Å². The Hall–Kier alpha value is -1.42. The highest BCUT2D eigenvalue weighted by Crippen LogP contribution is 2.22. The second-order valence-corrected chi connectivity index (χ2v) is 2.36. The Bertz CT molecular complexity index is 263. The normalized spacial score (nSPS) is 9.50. The minimum absolute atomic E-state index is 0.430. The molecule has 0 aliphatic carbocycles. The molecule has 0 bridgehead atoms. The van der Waals surface area contributed by atoms with Gasteiger partial charge in [0, 0.05) is 12.6 Å². The van der Waals surface area contributed by atoms with Crippen LogP contribution in [0.4, 0.5) is 5.69 Å². The van der Waals surface area contributed by atoms with E-state index in [9.17, 15) is 0 Å². The quantitative estimate of drug-likeness (QED) is 0.670. The molecule has 12 heavy (non-hydrogen) atoms. The Labute approximate surface area is 70.9 Å². The van der Waals surface area contributed by atoms with Gasteiger partial charge >= 0.3 is 0 Å². The Balaban J connectivity index is 3.09. The molecular weight excluding hydrogens is 154 g/mol. The lowest BCUT2D eigenvalue weighted by molar-refractivity contribution is 0.414. The largest absolute Gasteiger partial charge is 0.497 e. The molecule has 0 aliphatic heterocycles. The van der Waals surface area contributed by atoms with Crippen molar-refractivity contribution in [3.05, 3.63) is 23.8 Å². The number of benzene rings is 1. The van der Waals surface area contributed by atoms with Crippen molar-refractivity contribution < 1.29 is 4.74 Å². The van der Waals surface area contributed by atoms with Crippen LogP contribution >= 0.6 is 0 Å². The standard InChI is InChI=1S/C8H11N3O/c1-12-8-3-6(5-9)2-7(4-8)11-10/h2-4,10H,5,9H2,1H3. The number of hydrogen-bond acceptors (Lipinski definition) is 4. The van der Waals surface area contributed by atoms with E-state index in [4.69, 9.17) is 16.0 Å². The number of nitrogens with zero attached hydrogens (tertiary/aromatic N) is 1. The van der Waals surface area contributed by atoms with Crippen molar-refractivity contribution in [1.29, 1.82) is 5.53 Å². The molecule has 0 aliphatic rings. The zero-order valence-electron chi connectivity index (χ0n) is 6.87. The summed E-state index contributed by atoms with van der Waals surface area (Å²) in [7, 11) is 1.57. The van der Waals surface area contributed by atoms with Crippen LogP contribution in [0.1, 0.15) is 5.56 Å². The molecule has 0 radical (unpaired) electrons. The predicted molar refractivity (Wildman–Crippen MR) is 45.7 cm³/mol. The molecule has 4 nitrogen and oxygen atoms in total. The maximum Gasteiger partial charge on any atom is 0.121 e. The molecule has 0 spiro atoms. The molecule has 0 saturated carbocycles. The Morgan fingerprint density at radius 1 is 1.50 bits per heavy atom. The van der Waals surface area contributed by atoms with Crippen molar-refractivity contribution in [1.82, 2.24) is 0 Å². The zero-order valence-corrected chi connectivity index (χ0v) is 6.87. The van der Waals surface area contributed by atoms with Crippen LogP contribution in [0, 0.1) is 5.53 Å². The molecule has 4 heteroatoms. The number of nitrogens with two attached hydrogens (primary N) is 1. The molecule has 1 rings (SSSR count). The maximum atomic E-state index is 6.82. The topological polar surface area (TPSA) is 71.5 Å². The molecule has 0 amide bonds. The van der Waals surface area contributed by atoms with Gasteiger partial charge in [-0.05, 0) is 17.7 Å². The highest BCUT2D eigenvalue weighted by molar-refractivity contribution is 5.46. The van der Waals surface area contributed by atoms with Gasteiger partial charge in [0.1, 0.15) is 5.75 Å².